The predicted molar refractivity (Wildman–Crippen MR) is 71.4 cm³/mol. The van der Waals surface area contributed by atoms with Gasteiger partial charge in [0, 0.05) is 46.4 Å². The van der Waals surface area contributed by atoms with Crippen molar-refractivity contribution < 1.29 is 14.2 Å². The van der Waals surface area contributed by atoms with Crippen molar-refractivity contribution in [1.82, 2.24) is 4.90 Å². The second-order valence-corrected chi connectivity index (χ2v) is 5.36. The highest BCUT2D eigenvalue weighted by atomic mass is 16.7. The van der Waals surface area contributed by atoms with Crippen LogP contribution in [0.25, 0.3) is 0 Å². The molecule has 1 heterocycles. The molecule has 0 aromatic heterocycles. The Morgan fingerprint density at radius 1 is 1.33 bits per heavy atom. The van der Waals surface area contributed by atoms with Crippen LogP contribution in [0.1, 0.15) is 19.8 Å². The summed E-state index contributed by atoms with van der Waals surface area (Å²) in [6.07, 6.45) is 1.77. The number of hydrogen-bond donors (Lipinski definition) is 1. The standard InChI is InChI=1S/C13H28N2O3/c1-13(10-14,7-12(17-3)18-4)15-6-5-11(8-15)9-16-2/h11-12H,5-10,14H2,1-4H3. The van der Waals surface area contributed by atoms with Crippen LogP contribution < -0.4 is 5.73 Å². The first-order valence-electron chi connectivity index (χ1n) is 6.59. The van der Waals surface area contributed by atoms with Gasteiger partial charge in [-0.2, -0.15) is 0 Å². The fourth-order valence-corrected chi connectivity index (χ4v) is 2.66. The van der Waals surface area contributed by atoms with Crippen LogP contribution in [0, 0.1) is 5.92 Å². The Hall–Kier alpha value is -0.200. The van der Waals surface area contributed by atoms with Crippen LogP contribution >= 0.6 is 0 Å². The Bertz CT molecular complexity index is 236. The minimum absolute atomic E-state index is 0.0703. The molecule has 0 aliphatic carbocycles. The third-order valence-corrected chi connectivity index (χ3v) is 4.02. The van der Waals surface area contributed by atoms with Gasteiger partial charge in [0.2, 0.25) is 0 Å². The lowest BCUT2D eigenvalue weighted by molar-refractivity contribution is -0.127. The van der Waals surface area contributed by atoms with E-state index >= 15 is 0 Å². The predicted octanol–water partition coefficient (Wildman–Crippen LogP) is 0.681. The summed E-state index contributed by atoms with van der Waals surface area (Å²) in [6, 6.07) is 0. The lowest BCUT2D eigenvalue weighted by Gasteiger charge is -2.39. The average Bonchev–Trinajstić information content (AvgIpc) is 2.85. The van der Waals surface area contributed by atoms with Crippen molar-refractivity contribution in [2.24, 2.45) is 11.7 Å². The molecule has 2 unspecified atom stereocenters. The van der Waals surface area contributed by atoms with Gasteiger partial charge in [-0.3, -0.25) is 4.90 Å². The molecule has 0 spiro atoms. The number of nitrogens with zero attached hydrogens (tertiary/aromatic N) is 1. The summed E-state index contributed by atoms with van der Waals surface area (Å²) >= 11 is 0. The van der Waals surface area contributed by atoms with Gasteiger partial charge in [0.1, 0.15) is 0 Å². The van der Waals surface area contributed by atoms with Crippen LogP contribution in [0.3, 0.4) is 0 Å². The average molecular weight is 260 g/mol. The summed E-state index contributed by atoms with van der Waals surface area (Å²) in [4.78, 5) is 2.45. The zero-order valence-corrected chi connectivity index (χ0v) is 12.1. The van der Waals surface area contributed by atoms with Gasteiger partial charge >= 0.3 is 0 Å². The Labute approximate surface area is 111 Å². The zero-order chi connectivity index (χ0) is 13.6. The first-order valence-corrected chi connectivity index (χ1v) is 6.59. The fourth-order valence-electron chi connectivity index (χ4n) is 2.66. The van der Waals surface area contributed by atoms with Crippen molar-refractivity contribution in [2.45, 2.75) is 31.6 Å². The summed E-state index contributed by atoms with van der Waals surface area (Å²) in [6.45, 7) is 5.74. The highest BCUT2D eigenvalue weighted by molar-refractivity contribution is 4.92. The molecule has 5 heteroatoms. The van der Waals surface area contributed by atoms with Crippen LogP contribution in [-0.2, 0) is 14.2 Å². The van der Waals surface area contributed by atoms with E-state index in [1.807, 2.05) is 0 Å². The molecular weight excluding hydrogens is 232 g/mol. The largest absolute Gasteiger partial charge is 0.384 e. The van der Waals surface area contributed by atoms with Gasteiger partial charge in [-0.25, -0.2) is 0 Å². The maximum atomic E-state index is 5.98. The Morgan fingerprint density at radius 2 is 2.00 bits per heavy atom. The van der Waals surface area contributed by atoms with Crippen molar-refractivity contribution in [3.63, 3.8) is 0 Å². The van der Waals surface area contributed by atoms with Gasteiger partial charge in [0.25, 0.3) is 0 Å². The first-order chi connectivity index (χ1) is 8.59. The van der Waals surface area contributed by atoms with Crippen LogP contribution in [0.2, 0.25) is 0 Å². The zero-order valence-electron chi connectivity index (χ0n) is 12.1. The highest BCUT2D eigenvalue weighted by Crippen LogP contribution is 2.28. The van der Waals surface area contributed by atoms with Gasteiger partial charge in [-0.15, -0.1) is 0 Å². The maximum Gasteiger partial charge on any atom is 0.158 e. The van der Waals surface area contributed by atoms with E-state index in [0.717, 1.165) is 26.1 Å². The van der Waals surface area contributed by atoms with E-state index < -0.39 is 0 Å². The van der Waals surface area contributed by atoms with E-state index in [0.29, 0.717) is 12.5 Å². The second-order valence-electron chi connectivity index (χ2n) is 5.36. The quantitative estimate of drug-likeness (QED) is 0.650. The molecule has 2 N–H and O–H groups in total. The van der Waals surface area contributed by atoms with Crippen molar-refractivity contribution in [2.75, 3.05) is 47.6 Å². The smallest absolute Gasteiger partial charge is 0.158 e. The third-order valence-electron chi connectivity index (χ3n) is 4.02. The molecule has 18 heavy (non-hydrogen) atoms. The van der Waals surface area contributed by atoms with Gasteiger partial charge in [0.05, 0.1) is 6.61 Å². The normalized spacial score (nSPS) is 24.7. The maximum absolute atomic E-state index is 5.98. The van der Waals surface area contributed by atoms with E-state index in [4.69, 9.17) is 19.9 Å². The van der Waals surface area contributed by atoms with Gasteiger partial charge in [-0.05, 0) is 25.8 Å². The SMILES string of the molecule is COCC1CCN(C(C)(CN)CC(OC)OC)C1. The van der Waals surface area contributed by atoms with Crippen molar-refractivity contribution >= 4 is 0 Å². The number of ether oxygens (including phenoxy) is 3. The summed E-state index contributed by atoms with van der Waals surface area (Å²) in [5.74, 6) is 0.615. The summed E-state index contributed by atoms with van der Waals surface area (Å²) in [5, 5.41) is 0. The monoisotopic (exact) mass is 260 g/mol. The van der Waals surface area contributed by atoms with Gasteiger partial charge in [-0.1, -0.05) is 0 Å². The van der Waals surface area contributed by atoms with Crippen molar-refractivity contribution in [3.05, 3.63) is 0 Å². The molecule has 5 nitrogen and oxygen atoms in total. The molecule has 2 atom stereocenters. The lowest BCUT2D eigenvalue weighted by Crippen LogP contribution is -2.53. The molecule has 0 radical (unpaired) electrons. The number of nitrogens with two attached hydrogens (primary N) is 1. The van der Waals surface area contributed by atoms with Crippen LogP contribution in [0.15, 0.2) is 0 Å². The van der Waals surface area contributed by atoms with E-state index in [1.54, 1.807) is 21.3 Å². The summed E-state index contributed by atoms with van der Waals surface area (Å²) < 4.78 is 15.8. The first kappa shape index (κ1) is 15.9. The Kier molecular flexibility index (Phi) is 6.52. The molecule has 1 aliphatic rings. The van der Waals surface area contributed by atoms with Crippen molar-refractivity contribution in [1.29, 1.82) is 0 Å². The van der Waals surface area contributed by atoms with Gasteiger partial charge < -0.3 is 19.9 Å². The summed E-state index contributed by atoms with van der Waals surface area (Å²) in [7, 11) is 5.10. The topological polar surface area (TPSA) is 57.0 Å². The summed E-state index contributed by atoms with van der Waals surface area (Å²) in [5.41, 5.74) is 5.91. The molecule has 1 rings (SSSR count). The van der Waals surface area contributed by atoms with Crippen LogP contribution in [0.4, 0.5) is 0 Å². The molecule has 0 aromatic rings. The van der Waals surface area contributed by atoms with Crippen LogP contribution in [-0.4, -0.2) is 64.3 Å². The van der Waals surface area contributed by atoms with Crippen molar-refractivity contribution in [3.8, 4) is 0 Å². The molecule has 1 fully saturated rings. The highest BCUT2D eigenvalue weighted by Gasteiger charge is 2.37. The third kappa shape index (κ3) is 3.90. The van der Waals surface area contributed by atoms with E-state index in [9.17, 15) is 0 Å². The van der Waals surface area contributed by atoms with E-state index in [-0.39, 0.29) is 11.8 Å². The van der Waals surface area contributed by atoms with E-state index in [1.165, 1.54) is 6.42 Å². The Morgan fingerprint density at radius 3 is 2.50 bits per heavy atom. The molecule has 0 aromatic carbocycles. The molecular formula is C13H28N2O3. The lowest BCUT2D eigenvalue weighted by atomic mass is 9.95. The molecule has 0 saturated carbocycles. The van der Waals surface area contributed by atoms with Crippen LogP contribution in [0.5, 0.6) is 0 Å². The van der Waals surface area contributed by atoms with E-state index in [2.05, 4.69) is 11.8 Å². The molecule has 1 aliphatic heterocycles. The Balaban J connectivity index is 2.58. The molecule has 108 valence electrons. The second kappa shape index (κ2) is 7.40. The molecule has 0 amide bonds. The fraction of sp³-hybridized carbons (Fsp3) is 1.00. The number of methoxy groups -OCH3 is 3. The number of likely N-dealkylation sites (tertiary alicyclic amines) is 1. The molecule has 0 bridgehead atoms. The number of hydrogen-bond acceptors (Lipinski definition) is 5. The number of rotatable bonds is 8. The molecule has 1 saturated heterocycles. The minimum atomic E-state index is -0.194. The minimum Gasteiger partial charge on any atom is -0.384 e. The van der Waals surface area contributed by atoms with Gasteiger partial charge in [0.15, 0.2) is 6.29 Å².